The highest BCUT2D eigenvalue weighted by Gasteiger charge is 2.27. The van der Waals surface area contributed by atoms with Gasteiger partial charge >= 0.3 is 0 Å². The summed E-state index contributed by atoms with van der Waals surface area (Å²) in [6, 6.07) is 40.9. The van der Waals surface area contributed by atoms with E-state index in [1.54, 1.807) is 24.3 Å². The van der Waals surface area contributed by atoms with E-state index in [2.05, 4.69) is 96.9 Å². The van der Waals surface area contributed by atoms with E-state index in [0.29, 0.717) is 61.6 Å². The van der Waals surface area contributed by atoms with Crippen molar-refractivity contribution in [3.05, 3.63) is 156 Å². The molecule has 0 saturated carbocycles. The number of aromatic nitrogens is 6. The van der Waals surface area contributed by atoms with Gasteiger partial charge in [-0.15, -0.1) is 0 Å². The minimum absolute atomic E-state index is 0.401. The molecule has 0 spiro atoms. The summed E-state index contributed by atoms with van der Waals surface area (Å²) in [6.07, 6.45) is 0. The van der Waals surface area contributed by atoms with Crippen LogP contribution in [0.25, 0.3) is 55.6 Å². The maximum Gasteiger partial charge on any atom is 0.151 e. The molecule has 0 atom stereocenters. The van der Waals surface area contributed by atoms with Crippen molar-refractivity contribution in [2.75, 3.05) is 9.80 Å². The van der Waals surface area contributed by atoms with Crippen LogP contribution in [0.15, 0.2) is 133 Å². The number of nitrogens with zero attached hydrogens (tertiary/aromatic N) is 8. The fourth-order valence-electron chi connectivity index (χ4n) is 7.68. The second-order valence-electron chi connectivity index (χ2n) is 14.3. The molecular weight excluding hydrogens is 783 g/mol. The summed E-state index contributed by atoms with van der Waals surface area (Å²) in [5, 5.41) is 0. The molecule has 0 bridgehead atoms. The normalized spacial score (nSPS) is 12.2. The highest BCUT2D eigenvalue weighted by atomic mass is 32.1. The molecule has 4 heterocycles. The van der Waals surface area contributed by atoms with Gasteiger partial charge in [-0.2, -0.15) is 17.5 Å². The molecule has 13 heteroatoms. The van der Waals surface area contributed by atoms with Gasteiger partial charge in [-0.3, -0.25) is 0 Å². The second kappa shape index (κ2) is 13.7. The molecule has 0 radical (unpaired) electrons. The van der Waals surface area contributed by atoms with Gasteiger partial charge in [-0.05, 0) is 110 Å². The van der Waals surface area contributed by atoms with Crippen molar-refractivity contribution >= 4 is 90.7 Å². The Hall–Kier alpha value is -7.22. The minimum atomic E-state index is -0.401. The zero-order valence-electron chi connectivity index (χ0n) is 31.3. The third-order valence-corrected chi connectivity index (χ3v) is 11.5. The third kappa shape index (κ3) is 5.93. The average Bonchev–Trinajstić information content (AvgIpc) is 3.94. The van der Waals surface area contributed by atoms with Crippen molar-refractivity contribution in [2.24, 2.45) is 0 Å². The van der Waals surface area contributed by atoms with Crippen LogP contribution in [-0.2, 0) is 0 Å². The van der Waals surface area contributed by atoms with Crippen LogP contribution in [0.4, 0.5) is 42.9 Å². The Morgan fingerprint density at radius 3 is 1.42 bits per heavy atom. The SMILES string of the molecule is Cc1ccc2c(c1)Oc1cc(C)ccc1N2c1ccc(-c2nc3c4nsnc4c4nsnc4c3nc2-c2ccc(N(c3cccc(F)c3)c3cccc(F)c3)cc2)cc1. The number of fused-ring (bicyclic) bond motifs is 8. The lowest BCUT2D eigenvalue weighted by Gasteiger charge is -2.33. The van der Waals surface area contributed by atoms with Crippen LogP contribution < -0.4 is 14.5 Å². The number of hydrogen-bond acceptors (Lipinski definition) is 11. The number of ether oxygens (including phenoxy) is 1. The van der Waals surface area contributed by atoms with Gasteiger partial charge in [0.05, 0.1) is 46.2 Å². The van der Waals surface area contributed by atoms with Crippen LogP contribution >= 0.6 is 23.5 Å². The van der Waals surface area contributed by atoms with Crippen LogP contribution in [-0.4, -0.2) is 27.5 Å². The third-order valence-electron chi connectivity index (χ3n) is 10.4. The van der Waals surface area contributed by atoms with E-state index in [9.17, 15) is 8.78 Å². The molecule has 10 aromatic rings. The maximum atomic E-state index is 14.6. The molecule has 0 fully saturated rings. The minimum Gasteiger partial charge on any atom is -0.453 e. The summed E-state index contributed by atoms with van der Waals surface area (Å²) in [5.74, 6) is 0.773. The van der Waals surface area contributed by atoms with Gasteiger partial charge in [0.25, 0.3) is 0 Å². The molecular formula is C46H28F2N8OS2. The number of aryl methyl sites for hydroxylation is 2. The quantitative estimate of drug-likeness (QED) is 0.163. The topological polar surface area (TPSA) is 93.0 Å². The van der Waals surface area contributed by atoms with Crippen LogP contribution in [0.5, 0.6) is 11.5 Å². The molecule has 0 amide bonds. The molecule has 1 aliphatic rings. The van der Waals surface area contributed by atoms with E-state index in [1.807, 2.05) is 29.2 Å². The lowest BCUT2D eigenvalue weighted by Crippen LogP contribution is -2.16. The molecule has 11 rings (SSSR count). The van der Waals surface area contributed by atoms with E-state index in [1.165, 1.54) is 24.3 Å². The molecule has 1 aliphatic heterocycles. The fraction of sp³-hybridized carbons (Fsp3) is 0.0435. The van der Waals surface area contributed by atoms with Crippen LogP contribution in [0.3, 0.4) is 0 Å². The van der Waals surface area contributed by atoms with Gasteiger partial charge in [0.2, 0.25) is 0 Å². The van der Waals surface area contributed by atoms with Crippen molar-refractivity contribution in [1.82, 2.24) is 27.5 Å². The molecule has 0 N–H and O–H groups in total. The van der Waals surface area contributed by atoms with E-state index in [0.717, 1.165) is 74.3 Å². The Morgan fingerprint density at radius 2 is 0.949 bits per heavy atom. The Balaban J connectivity index is 1.07. The largest absolute Gasteiger partial charge is 0.453 e. The zero-order valence-corrected chi connectivity index (χ0v) is 32.9. The van der Waals surface area contributed by atoms with Crippen molar-refractivity contribution in [3.63, 3.8) is 0 Å². The summed E-state index contributed by atoms with van der Waals surface area (Å²) in [6.45, 7) is 4.11. The Bertz CT molecular complexity index is 3180. The Labute approximate surface area is 344 Å². The first kappa shape index (κ1) is 35.0. The van der Waals surface area contributed by atoms with E-state index in [4.69, 9.17) is 14.7 Å². The first-order chi connectivity index (χ1) is 28.9. The van der Waals surface area contributed by atoms with Crippen molar-refractivity contribution < 1.29 is 13.5 Å². The highest BCUT2D eigenvalue weighted by Crippen LogP contribution is 2.51. The van der Waals surface area contributed by atoms with Crippen LogP contribution in [0, 0.1) is 25.5 Å². The van der Waals surface area contributed by atoms with Gasteiger partial charge < -0.3 is 14.5 Å². The number of hydrogen-bond donors (Lipinski definition) is 0. The summed E-state index contributed by atoms with van der Waals surface area (Å²) >= 11 is 2.20. The van der Waals surface area contributed by atoms with Crippen LogP contribution in [0.1, 0.15) is 11.1 Å². The summed E-state index contributed by atoms with van der Waals surface area (Å²) in [7, 11) is 0. The molecule has 3 aromatic heterocycles. The maximum absolute atomic E-state index is 14.6. The lowest BCUT2D eigenvalue weighted by molar-refractivity contribution is 0.476. The fourth-order valence-corrected chi connectivity index (χ4v) is 8.78. The van der Waals surface area contributed by atoms with Gasteiger partial charge in [0.1, 0.15) is 44.7 Å². The Kier molecular flexibility index (Phi) is 8.13. The van der Waals surface area contributed by atoms with E-state index in [-0.39, 0.29) is 0 Å². The summed E-state index contributed by atoms with van der Waals surface area (Å²) in [5.41, 5.74) is 13.3. The van der Waals surface area contributed by atoms with E-state index < -0.39 is 11.6 Å². The molecule has 9 nitrogen and oxygen atoms in total. The number of rotatable bonds is 6. The highest BCUT2D eigenvalue weighted by molar-refractivity contribution is 7.01. The van der Waals surface area contributed by atoms with Crippen molar-refractivity contribution in [2.45, 2.75) is 13.8 Å². The zero-order chi connectivity index (χ0) is 39.8. The average molecular weight is 811 g/mol. The number of benzene rings is 7. The molecule has 0 unspecified atom stereocenters. The standard InChI is InChI=1S/C46H28F2N8OS2/c1-25-9-19-35-37(21-25)57-38-22-26(2)10-20-36(38)56(35)32-17-13-28(14-18-32)40-39(49-41-42(50-40)44-46(54-59-52-44)45-43(41)51-58-53-45)27-11-15-31(16-12-27)55(33-7-3-5-29(47)23-33)34-8-4-6-30(48)24-34/h3-24H,1-2H3. The van der Waals surface area contributed by atoms with Crippen molar-refractivity contribution in [3.8, 4) is 34.0 Å². The van der Waals surface area contributed by atoms with Crippen LogP contribution in [0.2, 0.25) is 0 Å². The summed E-state index contributed by atoms with van der Waals surface area (Å²) < 4.78 is 53.9. The summed E-state index contributed by atoms with van der Waals surface area (Å²) in [4.78, 5) is 14.6. The molecule has 284 valence electrons. The second-order valence-corrected chi connectivity index (χ2v) is 15.4. The smallest absolute Gasteiger partial charge is 0.151 e. The molecule has 7 aromatic carbocycles. The molecule has 0 saturated heterocycles. The predicted octanol–water partition coefficient (Wildman–Crippen LogP) is 12.9. The number of halogens is 2. The van der Waals surface area contributed by atoms with Crippen molar-refractivity contribution in [1.29, 1.82) is 0 Å². The molecule has 0 aliphatic carbocycles. The van der Waals surface area contributed by atoms with Gasteiger partial charge in [0.15, 0.2) is 11.5 Å². The monoisotopic (exact) mass is 810 g/mol. The van der Waals surface area contributed by atoms with E-state index >= 15 is 0 Å². The first-order valence-electron chi connectivity index (χ1n) is 18.7. The van der Waals surface area contributed by atoms with Gasteiger partial charge in [-0.25, -0.2) is 18.7 Å². The predicted molar refractivity (Wildman–Crippen MR) is 231 cm³/mol. The molecule has 59 heavy (non-hydrogen) atoms. The Morgan fingerprint density at radius 1 is 0.492 bits per heavy atom. The number of anilines is 6. The van der Waals surface area contributed by atoms with Gasteiger partial charge in [0, 0.05) is 33.9 Å². The lowest BCUT2D eigenvalue weighted by atomic mass is 10.0. The van der Waals surface area contributed by atoms with Gasteiger partial charge in [-0.1, -0.05) is 48.5 Å². The first-order valence-corrected chi connectivity index (χ1v) is 20.1.